The van der Waals surface area contributed by atoms with Gasteiger partial charge in [0.15, 0.2) is 5.82 Å². The SMILES string of the molecule is Clc1nc(-c2cccc(C3CC3)c2)nc2c1CCCC2. The van der Waals surface area contributed by atoms with Crippen molar-refractivity contribution in [1.82, 2.24) is 9.97 Å². The van der Waals surface area contributed by atoms with Crippen molar-refractivity contribution in [1.29, 1.82) is 0 Å². The van der Waals surface area contributed by atoms with Crippen molar-refractivity contribution in [3.8, 4) is 11.4 Å². The third kappa shape index (κ3) is 2.22. The molecule has 1 fully saturated rings. The van der Waals surface area contributed by atoms with Crippen LogP contribution in [0.2, 0.25) is 5.15 Å². The lowest BCUT2D eigenvalue weighted by Gasteiger charge is -2.16. The van der Waals surface area contributed by atoms with Crippen molar-refractivity contribution in [2.24, 2.45) is 0 Å². The van der Waals surface area contributed by atoms with Gasteiger partial charge < -0.3 is 0 Å². The van der Waals surface area contributed by atoms with Gasteiger partial charge in [-0.3, -0.25) is 0 Å². The van der Waals surface area contributed by atoms with E-state index in [0.29, 0.717) is 5.15 Å². The molecule has 0 unspecified atom stereocenters. The predicted molar refractivity (Wildman–Crippen MR) is 81.1 cm³/mol. The van der Waals surface area contributed by atoms with E-state index in [4.69, 9.17) is 16.6 Å². The summed E-state index contributed by atoms with van der Waals surface area (Å²) in [6, 6.07) is 8.65. The molecular formula is C17H17ClN2. The largest absolute Gasteiger partial charge is 0.233 e. The second kappa shape index (κ2) is 4.85. The molecule has 2 aliphatic carbocycles. The molecule has 2 nitrogen and oxygen atoms in total. The summed E-state index contributed by atoms with van der Waals surface area (Å²) in [5.74, 6) is 1.54. The smallest absolute Gasteiger partial charge is 0.161 e. The number of hydrogen-bond donors (Lipinski definition) is 0. The molecule has 0 saturated heterocycles. The fraction of sp³-hybridized carbons (Fsp3) is 0.412. The maximum atomic E-state index is 6.36. The molecule has 0 amide bonds. The van der Waals surface area contributed by atoms with Crippen LogP contribution in [0.4, 0.5) is 0 Å². The number of rotatable bonds is 2. The summed E-state index contributed by atoms with van der Waals surface area (Å²) in [6.07, 6.45) is 7.10. The first-order valence-corrected chi connectivity index (χ1v) is 7.85. The van der Waals surface area contributed by atoms with Crippen LogP contribution in [0.15, 0.2) is 24.3 Å². The summed E-state index contributed by atoms with van der Waals surface area (Å²) in [4.78, 5) is 9.30. The van der Waals surface area contributed by atoms with Gasteiger partial charge >= 0.3 is 0 Å². The maximum Gasteiger partial charge on any atom is 0.161 e. The highest BCUT2D eigenvalue weighted by Gasteiger charge is 2.24. The van der Waals surface area contributed by atoms with Crippen LogP contribution in [-0.2, 0) is 12.8 Å². The summed E-state index contributed by atoms with van der Waals surface area (Å²) >= 11 is 6.36. The fourth-order valence-electron chi connectivity index (χ4n) is 3.03. The maximum absolute atomic E-state index is 6.36. The highest BCUT2D eigenvalue weighted by molar-refractivity contribution is 6.30. The van der Waals surface area contributed by atoms with E-state index in [1.54, 1.807) is 0 Å². The van der Waals surface area contributed by atoms with E-state index in [2.05, 4.69) is 29.2 Å². The zero-order chi connectivity index (χ0) is 13.5. The summed E-state index contributed by atoms with van der Waals surface area (Å²) in [7, 11) is 0. The van der Waals surface area contributed by atoms with Crippen molar-refractivity contribution < 1.29 is 0 Å². The molecule has 0 bridgehead atoms. The Balaban J connectivity index is 1.78. The van der Waals surface area contributed by atoms with Gasteiger partial charge in [0.25, 0.3) is 0 Å². The van der Waals surface area contributed by atoms with Gasteiger partial charge in [0.2, 0.25) is 0 Å². The number of fused-ring (bicyclic) bond motifs is 1. The molecule has 102 valence electrons. The van der Waals surface area contributed by atoms with Gasteiger partial charge in [-0.25, -0.2) is 9.97 Å². The van der Waals surface area contributed by atoms with E-state index in [0.717, 1.165) is 35.8 Å². The van der Waals surface area contributed by atoms with Crippen molar-refractivity contribution in [2.75, 3.05) is 0 Å². The molecule has 2 aliphatic rings. The Hall–Kier alpha value is -1.41. The summed E-state index contributed by atoms with van der Waals surface area (Å²) < 4.78 is 0. The first-order valence-electron chi connectivity index (χ1n) is 7.47. The van der Waals surface area contributed by atoms with Gasteiger partial charge in [0.05, 0.1) is 0 Å². The molecule has 0 atom stereocenters. The zero-order valence-electron chi connectivity index (χ0n) is 11.4. The van der Waals surface area contributed by atoms with Crippen LogP contribution in [0.3, 0.4) is 0 Å². The number of hydrogen-bond acceptors (Lipinski definition) is 2. The predicted octanol–water partition coefficient (Wildman–Crippen LogP) is 4.55. The molecule has 1 aromatic carbocycles. The summed E-state index contributed by atoms with van der Waals surface area (Å²) in [5, 5.41) is 0.654. The molecule has 1 saturated carbocycles. The van der Waals surface area contributed by atoms with E-state index in [1.165, 1.54) is 36.8 Å². The molecule has 4 rings (SSSR count). The minimum absolute atomic E-state index is 0.654. The molecule has 1 heterocycles. The molecule has 0 aliphatic heterocycles. The Morgan fingerprint density at radius 3 is 2.75 bits per heavy atom. The van der Waals surface area contributed by atoms with Gasteiger partial charge in [-0.1, -0.05) is 29.8 Å². The van der Waals surface area contributed by atoms with Crippen molar-refractivity contribution in [3.05, 3.63) is 46.2 Å². The number of nitrogens with zero attached hydrogens (tertiary/aromatic N) is 2. The standard InChI is InChI=1S/C17H17ClN2/c18-16-14-6-1-2-7-15(14)19-17(20-16)13-5-3-4-12(10-13)11-8-9-11/h3-5,10-11H,1-2,6-9H2. The monoisotopic (exact) mass is 284 g/mol. The Morgan fingerprint density at radius 2 is 1.90 bits per heavy atom. The molecule has 3 heteroatoms. The van der Waals surface area contributed by atoms with E-state index in [9.17, 15) is 0 Å². The third-order valence-electron chi connectivity index (χ3n) is 4.33. The van der Waals surface area contributed by atoms with Crippen LogP contribution in [0.25, 0.3) is 11.4 Å². The lowest BCUT2D eigenvalue weighted by molar-refractivity contribution is 0.663. The first-order chi connectivity index (χ1) is 9.81. The second-order valence-electron chi connectivity index (χ2n) is 5.87. The van der Waals surface area contributed by atoms with Gasteiger partial charge in [-0.2, -0.15) is 0 Å². The number of benzene rings is 1. The van der Waals surface area contributed by atoms with Gasteiger partial charge in [-0.05, 0) is 56.1 Å². The van der Waals surface area contributed by atoms with Crippen LogP contribution >= 0.6 is 11.6 Å². The number of halogens is 1. The van der Waals surface area contributed by atoms with Crippen LogP contribution < -0.4 is 0 Å². The van der Waals surface area contributed by atoms with Crippen LogP contribution in [0.5, 0.6) is 0 Å². The second-order valence-corrected chi connectivity index (χ2v) is 6.23. The van der Waals surface area contributed by atoms with Crippen molar-refractivity contribution in [3.63, 3.8) is 0 Å². The fourth-order valence-corrected chi connectivity index (χ4v) is 3.31. The molecule has 0 spiro atoms. The van der Waals surface area contributed by atoms with E-state index >= 15 is 0 Å². The Bertz CT molecular complexity index is 662. The van der Waals surface area contributed by atoms with Gasteiger partial charge in [0, 0.05) is 16.8 Å². The minimum atomic E-state index is 0.654. The minimum Gasteiger partial charge on any atom is -0.233 e. The third-order valence-corrected chi connectivity index (χ3v) is 4.64. The molecule has 1 aromatic heterocycles. The van der Waals surface area contributed by atoms with Crippen LogP contribution in [0.1, 0.15) is 48.4 Å². The Morgan fingerprint density at radius 1 is 1.05 bits per heavy atom. The van der Waals surface area contributed by atoms with Crippen LogP contribution in [-0.4, -0.2) is 9.97 Å². The molecular weight excluding hydrogens is 268 g/mol. The van der Waals surface area contributed by atoms with E-state index in [1.807, 2.05) is 0 Å². The molecule has 0 N–H and O–H groups in total. The molecule has 20 heavy (non-hydrogen) atoms. The average molecular weight is 285 g/mol. The lowest BCUT2D eigenvalue weighted by atomic mass is 9.97. The van der Waals surface area contributed by atoms with E-state index in [-0.39, 0.29) is 0 Å². The highest BCUT2D eigenvalue weighted by Crippen LogP contribution is 2.41. The van der Waals surface area contributed by atoms with Gasteiger partial charge in [-0.15, -0.1) is 0 Å². The van der Waals surface area contributed by atoms with E-state index < -0.39 is 0 Å². The Labute approximate surface area is 124 Å². The normalized spacial score (nSPS) is 17.9. The average Bonchev–Trinajstić information content (AvgIpc) is 3.32. The van der Waals surface area contributed by atoms with Crippen LogP contribution in [0, 0.1) is 0 Å². The first kappa shape index (κ1) is 12.3. The zero-order valence-corrected chi connectivity index (χ0v) is 12.2. The van der Waals surface area contributed by atoms with Crippen molar-refractivity contribution >= 4 is 11.6 Å². The number of aromatic nitrogens is 2. The molecule has 0 radical (unpaired) electrons. The van der Waals surface area contributed by atoms with Crippen molar-refractivity contribution in [2.45, 2.75) is 44.4 Å². The topological polar surface area (TPSA) is 25.8 Å². The Kier molecular flexibility index (Phi) is 2.99. The summed E-state index contributed by atoms with van der Waals surface area (Å²) in [5.41, 5.74) is 4.84. The highest BCUT2D eigenvalue weighted by atomic mass is 35.5. The van der Waals surface area contributed by atoms with Gasteiger partial charge in [0.1, 0.15) is 5.15 Å². The number of aryl methyl sites for hydroxylation is 1. The summed E-state index contributed by atoms with van der Waals surface area (Å²) in [6.45, 7) is 0. The lowest BCUT2D eigenvalue weighted by Crippen LogP contribution is -2.08. The quantitative estimate of drug-likeness (QED) is 0.756. The molecule has 2 aromatic rings.